The van der Waals surface area contributed by atoms with Crippen LogP contribution in [0.15, 0.2) is 72.3 Å². The van der Waals surface area contributed by atoms with Gasteiger partial charge in [0.25, 0.3) is 5.91 Å². The Morgan fingerprint density at radius 2 is 1.70 bits per heavy atom. The summed E-state index contributed by atoms with van der Waals surface area (Å²) in [5.41, 5.74) is 2.72. The van der Waals surface area contributed by atoms with E-state index < -0.39 is 5.91 Å². The van der Waals surface area contributed by atoms with Crippen molar-refractivity contribution < 1.29 is 9.53 Å². The molecule has 0 heterocycles. The molecular weight excluding hydrogens is 570 g/mol. The second-order valence-corrected chi connectivity index (χ2v) is 9.30. The summed E-state index contributed by atoms with van der Waals surface area (Å²) >= 11 is 15.0. The van der Waals surface area contributed by atoms with Gasteiger partial charge in [0.05, 0.1) is 10.0 Å². The molecule has 3 rings (SSSR count). The minimum absolute atomic E-state index is 0.0191. The number of hydrogen-bond acceptors (Lipinski definition) is 3. The Kier molecular flexibility index (Phi) is 9.61. The predicted molar refractivity (Wildman–Crippen MR) is 141 cm³/mol. The van der Waals surface area contributed by atoms with Gasteiger partial charge in [-0.15, -0.1) is 0 Å². The van der Waals surface area contributed by atoms with Crippen molar-refractivity contribution in [2.45, 2.75) is 19.4 Å². The molecule has 33 heavy (non-hydrogen) atoms. The van der Waals surface area contributed by atoms with Crippen LogP contribution in [0, 0.1) is 14.9 Å². The standard InChI is InChI=1S/C26H21Cl2IN2O2/c27-23-14-20(15-24(28)25(23)33-17-19-8-10-22(29)11-9-19)13-21(16-30)26(32)31-12-4-7-18-5-2-1-3-6-18/h1-3,5-6,8-11,13-15H,4,7,12,17H2,(H,31,32)/b21-13-. The van der Waals surface area contributed by atoms with Crippen LogP contribution in [0.1, 0.15) is 23.1 Å². The van der Waals surface area contributed by atoms with Gasteiger partial charge in [-0.3, -0.25) is 4.79 Å². The van der Waals surface area contributed by atoms with Gasteiger partial charge in [-0.25, -0.2) is 0 Å². The molecule has 0 saturated carbocycles. The van der Waals surface area contributed by atoms with E-state index in [1.54, 1.807) is 12.1 Å². The lowest BCUT2D eigenvalue weighted by molar-refractivity contribution is -0.117. The second kappa shape index (κ2) is 12.6. The van der Waals surface area contributed by atoms with E-state index in [2.05, 4.69) is 27.9 Å². The molecule has 1 amide bonds. The van der Waals surface area contributed by atoms with E-state index in [9.17, 15) is 10.1 Å². The lowest BCUT2D eigenvalue weighted by atomic mass is 10.1. The van der Waals surface area contributed by atoms with Crippen LogP contribution in [0.4, 0.5) is 0 Å². The summed E-state index contributed by atoms with van der Waals surface area (Å²) in [6.45, 7) is 0.792. The lowest BCUT2D eigenvalue weighted by Crippen LogP contribution is -2.25. The quantitative estimate of drug-likeness (QED) is 0.129. The number of ether oxygens (including phenoxy) is 1. The third-order valence-corrected chi connectivity index (χ3v) is 6.04. The van der Waals surface area contributed by atoms with Crippen LogP contribution in [-0.2, 0) is 17.8 Å². The van der Waals surface area contributed by atoms with Gasteiger partial charge in [-0.05, 0) is 82.5 Å². The molecule has 168 valence electrons. The molecule has 0 bridgehead atoms. The molecule has 0 unspecified atom stereocenters. The van der Waals surface area contributed by atoms with Crippen LogP contribution in [-0.4, -0.2) is 12.5 Å². The Labute approximate surface area is 217 Å². The average molecular weight is 591 g/mol. The fourth-order valence-corrected chi connectivity index (χ4v) is 4.06. The number of nitriles is 1. The first-order valence-electron chi connectivity index (χ1n) is 10.3. The third-order valence-electron chi connectivity index (χ3n) is 4.76. The van der Waals surface area contributed by atoms with Gasteiger partial charge in [-0.1, -0.05) is 65.7 Å². The van der Waals surface area contributed by atoms with E-state index in [-0.39, 0.29) is 5.57 Å². The summed E-state index contributed by atoms with van der Waals surface area (Å²) in [7, 11) is 0. The van der Waals surface area contributed by atoms with Crippen LogP contribution in [0.2, 0.25) is 10.0 Å². The fraction of sp³-hybridized carbons (Fsp3) is 0.154. The Bertz CT molecular complexity index is 1150. The summed E-state index contributed by atoms with van der Waals surface area (Å²) < 4.78 is 6.93. The van der Waals surface area contributed by atoms with E-state index in [1.165, 1.54) is 11.6 Å². The van der Waals surface area contributed by atoms with Gasteiger partial charge >= 0.3 is 0 Å². The molecule has 3 aromatic carbocycles. The first-order valence-corrected chi connectivity index (χ1v) is 12.1. The first-order chi connectivity index (χ1) is 16.0. The molecule has 1 N–H and O–H groups in total. The molecule has 0 aliphatic heterocycles. The maximum Gasteiger partial charge on any atom is 0.261 e. The molecule has 3 aromatic rings. The molecule has 4 nitrogen and oxygen atoms in total. The van der Waals surface area contributed by atoms with Crippen LogP contribution >= 0.6 is 45.8 Å². The molecular formula is C26H21Cl2IN2O2. The van der Waals surface area contributed by atoms with Gasteiger partial charge < -0.3 is 10.1 Å². The molecule has 0 aliphatic carbocycles. The highest BCUT2D eigenvalue weighted by molar-refractivity contribution is 14.1. The highest BCUT2D eigenvalue weighted by Gasteiger charge is 2.13. The van der Waals surface area contributed by atoms with Crippen molar-refractivity contribution in [3.63, 3.8) is 0 Å². The zero-order chi connectivity index (χ0) is 23.6. The van der Waals surface area contributed by atoms with Crippen molar-refractivity contribution in [2.24, 2.45) is 0 Å². The van der Waals surface area contributed by atoms with Gasteiger partial charge in [0.1, 0.15) is 18.2 Å². The minimum Gasteiger partial charge on any atom is -0.486 e. The monoisotopic (exact) mass is 590 g/mol. The van der Waals surface area contributed by atoms with E-state index in [0.29, 0.717) is 34.5 Å². The lowest BCUT2D eigenvalue weighted by Gasteiger charge is -2.11. The number of hydrogen-bond donors (Lipinski definition) is 1. The SMILES string of the molecule is N#C/C(=C/c1cc(Cl)c(OCc2ccc(I)cc2)c(Cl)c1)C(=O)NCCCc1ccccc1. The number of amides is 1. The molecule has 0 aliphatic rings. The molecule has 0 atom stereocenters. The first kappa shape index (κ1) is 25.1. The molecule has 0 radical (unpaired) electrons. The van der Waals surface area contributed by atoms with Crippen molar-refractivity contribution in [3.05, 3.63) is 103 Å². The zero-order valence-corrected chi connectivity index (χ0v) is 21.3. The largest absolute Gasteiger partial charge is 0.486 e. The van der Waals surface area contributed by atoms with Crippen LogP contribution in [0.5, 0.6) is 5.75 Å². The number of nitrogens with zero attached hydrogens (tertiary/aromatic N) is 1. The molecule has 0 saturated heterocycles. The third kappa shape index (κ3) is 7.78. The topological polar surface area (TPSA) is 62.1 Å². The van der Waals surface area contributed by atoms with E-state index >= 15 is 0 Å². The summed E-state index contributed by atoms with van der Waals surface area (Å²) in [6.07, 6.45) is 3.09. The number of benzene rings is 3. The summed E-state index contributed by atoms with van der Waals surface area (Å²) in [6, 6.07) is 23.1. The molecule has 0 fully saturated rings. The second-order valence-electron chi connectivity index (χ2n) is 7.24. The van der Waals surface area contributed by atoms with Crippen molar-refractivity contribution in [2.75, 3.05) is 6.54 Å². The van der Waals surface area contributed by atoms with Crippen molar-refractivity contribution in [3.8, 4) is 11.8 Å². The summed E-state index contributed by atoms with van der Waals surface area (Å²) in [5.74, 6) is -0.0743. The van der Waals surface area contributed by atoms with Crippen LogP contribution in [0.3, 0.4) is 0 Å². The Balaban J connectivity index is 1.60. The Morgan fingerprint density at radius 1 is 1.03 bits per heavy atom. The maximum absolute atomic E-state index is 12.4. The number of aryl methyl sites for hydroxylation is 1. The summed E-state index contributed by atoms with van der Waals surface area (Å²) in [5, 5.41) is 12.8. The maximum atomic E-state index is 12.4. The number of rotatable bonds is 9. The number of carbonyl (C=O) groups is 1. The molecule has 0 aromatic heterocycles. The smallest absolute Gasteiger partial charge is 0.261 e. The Hall–Kier alpha value is -2.53. The van der Waals surface area contributed by atoms with Crippen molar-refractivity contribution >= 4 is 57.8 Å². The highest BCUT2D eigenvalue weighted by Crippen LogP contribution is 2.35. The zero-order valence-electron chi connectivity index (χ0n) is 17.7. The molecule has 0 spiro atoms. The van der Waals surface area contributed by atoms with E-state index in [1.807, 2.05) is 60.7 Å². The average Bonchev–Trinajstić information content (AvgIpc) is 2.81. The number of carbonyl (C=O) groups excluding carboxylic acids is 1. The highest BCUT2D eigenvalue weighted by atomic mass is 127. The normalized spacial score (nSPS) is 11.0. The van der Waals surface area contributed by atoms with Crippen molar-refractivity contribution in [1.29, 1.82) is 5.26 Å². The summed E-state index contributed by atoms with van der Waals surface area (Å²) in [4.78, 5) is 12.4. The van der Waals surface area contributed by atoms with Gasteiger partial charge in [0.15, 0.2) is 5.75 Å². The Morgan fingerprint density at radius 3 is 2.33 bits per heavy atom. The van der Waals surface area contributed by atoms with Crippen LogP contribution < -0.4 is 10.1 Å². The van der Waals surface area contributed by atoms with E-state index in [0.717, 1.165) is 22.0 Å². The fourth-order valence-electron chi connectivity index (χ4n) is 3.09. The minimum atomic E-state index is -0.433. The predicted octanol–water partition coefficient (Wildman–Crippen LogP) is 6.83. The number of halogens is 3. The number of nitrogens with one attached hydrogen (secondary N) is 1. The molecule has 7 heteroatoms. The van der Waals surface area contributed by atoms with E-state index in [4.69, 9.17) is 27.9 Å². The van der Waals surface area contributed by atoms with Gasteiger partial charge in [0.2, 0.25) is 0 Å². The van der Waals surface area contributed by atoms with Gasteiger partial charge in [-0.2, -0.15) is 5.26 Å². The van der Waals surface area contributed by atoms with Crippen LogP contribution in [0.25, 0.3) is 6.08 Å². The van der Waals surface area contributed by atoms with Crippen molar-refractivity contribution in [1.82, 2.24) is 5.32 Å². The van der Waals surface area contributed by atoms with Gasteiger partial charge in [0, 0.05) is 10.1 Å².